The number of nitrogens with one attached hydrogen (secondary N) is 1. The van der Waals surface area contributed by atoms with Crippen molar-refractivity contribution in [1.82, 2.24) is 5.32 Å². The first-order valence-electron chi connectivity index (χ1n) is 6.18. The quantitative estimate of drug-likeness (QED) is 0.834. The molecular formula is C14H18N2O. The largest absolute Gasteiger partial charge is 0.393 e. The average Bonchev–Trinajstić information content (AvgIpc) is 2.37. The van der Waals surface area contributed by atoms with Gasteiger partial charge in [0.15, 0.2) is 0 Å². The van der Waals surface area contributed by atoms with Crippen LogP contribution in [0.1, 0.15) is 36.8 Å². The van der Waals surface area contributed by atoms with E-state index in [1.807, 2.05) is 24.3 Å². The second-order valence-corrected chi connectivity index (χ2v) is 4.71. The number of hydrogen-bond acceptors (Lipinski definition) is 3. The highest BCUT2D eigenvalue weighted by Gasteiger charge is 2.19. The zero-order valence-corrected chi connectivity index (χ0v) is 9.89. The summed E-state index contributed by atoms with van der Waals surface area (Å²) < 4.78 is 0. The van der Waals surface area contributed by atoms with E-state index in [0.717, 1.165) is 37.8 Å². The van der Waals surface area contributed by atoms with Gasteiger partial charge in [0, 0.05) is 12.6 Å². The van der Waals surface area contributed by atoms with Crippen LogP contribution in [0.5, 0.6) is 0 Å². The molecule has 2 atom stereocenters. The molecule has 0 bridgehead atoms. The van der Waals surface area contributed by atoms with Crippen LogP contribution in [0.25, 0.3) is 0 Å². The van der Waals surface area contributed by atoms with Crippen molar-refractivity contribution >= 4 is 0 Å². The minimum Gasteiger partial charge on any atom is -0.393 e. The Balaban J connectivity index is 1.87. The van der Waals surface area contributed by atoms with E-state index < -0.39 is 0 Å². The standard InChI is InChI=1S/C14H18N2O/c15-9-11-3-1-4-12(7-11)10-16-13-5-2-6-14(17)8-13/h1,3-4,7,13-14,16-17H,2,5-6,8,10H2. The molecule has 3 heteroatoms. The smallest absolute Gasteiger partial charge is 0.0991 e. The summed E-state index contributed by atoms with van der Waals surface area (Å²) in [4.78, 5) is 0. The van der Waals surface area contributed by atoms with Crippen LogP contribution in [0.2, 0.25) is 0 Å². The third-order valence-electron chi connectivity index (χ3n) is 3.30. The Labute approximate surface area is 102 Å². The van der Waals surface area contributed by atoms with Gasteiger partial charge in [-0.05, 0) is 43.4 Å². The van der Waals surface area contributed by atoms with Gasteiger partial charge in [0.2, 0.25) is 0 Å². The van der Waals surface area contributed by atoms with E-state index in [2.05, 4.69) is 11.4 Å². The molecule has 1 aromatic rings. The first-order chi connectivity index (χ1) is 8.28. The van der Waals surface area contributed by atoms with Crippen molar-refractivity contribution in [2.24, 2.45) is 0 Å². The molecule has 0 aliphatic heterocycles. The average molecular weight is 230 g/mol. The monoisotopic (exact) mass is 230 g/mol. The topological polar surface area (TPSA) is 56.0 Å². The zero-order chi connectivity index (χ0) is 12.1. The second kappa shape index (κ2) is 5.81. The fraction of sp³-hybridized carbons (Fsp3) is 0.500. The number of rotatable bonds is 3. The molecule has 0 aromatic heterocycles. The van der Waals surface area contributed by atoms with Gasteiger partial charge in [0.25, 0.3) is 0 Å². The summed E-state index contributed by atoms with van der Waals surface area (Å²) in [5.41, 5.74) is 1.83. The van der Waals surface area contributed by atoms with Gasteiger partial charge in [-0.1, -0.05) is 12.1 Å². The van der Waals surface area contributed by atoms with Gasteiger partial charge in [-0.15, -0.1) is 0 Å². The van der Waals surface area contributed by atoms with Gasteiger partial charge < -0.3 is 10.4 Å². The number of hydrogen-bond donors (Lipinski definition) is 2. The Bertz CT molecular complexity index is 411. The number of aliphatic hydroxyl groups excluding tert-OH is 1. The van der Waals surface area contributed by atoms with Crippen LogP contribution in [0.3, 0.4) is 0 Å². The molecule has 2 rings (SSSR count). The Kier molecular flexibility index (Phi) is 4.13. The van der Waals surface area contributed by atoms with Gasteiger partial charge in [0.05, 0.1) is 17.7 Å². The van der Waals surface area contributed by atoms with E-state index in [1.54, 1.807) is 0 Å². The molecule has 0 saturated heterocycles. The maximum Gasteiger partial charge on any atom is 0.0991 e. The highest BCUT2D eigenvalue weighted by molar-refractivity contribution is 5.32. The second-order valence-electron chi connectivity index (χ2n) is 4.71. The fourth-order valence-electron chi connectivity index (χ4n) is 2.36. The summed E-state index contributed by atoms with van der Waals surface area (Å²) >= 11 is 0. The third-order valence-corrected chi connectivity index (χ3v) is 3.30. The van der Waals surface area contributed by atoms with Crippen LogP contribution >= 0.6 is 0 Å². The van der Waals surface area contributed by atoms with Crippen LogP contribution in [0.15, 0.2) is 24.3 Å². The van der Waals surface area contributed by atoms with Gasteiger partial charge in [-0.2, -0.15) is 5.26 Å². The van der Waals surface area contributed by atoms with E-state index in [0.29, 0.717) is 11.6 Å². The molecular weight excluding hydrogens is 212 g/mol. The van der Waals surface area contributed by atoms with Gasteiger partial charge >= 0.3 is 0 Å². The highest BCUT2D eigenvalue weighted by atomic mass is 16.3. The van der Waals surface area contributed by atoms with Crippen molar-refractivity contribution in [3.63, 3.8) is 0 Å². The molecule has 1 aliphatic rings. The lowest BCUT2D eigenvalue weighted by atomic mass is 9.93. The van der Waals surface area contributed by atoms with Gasteiger partial charge in [-0.3, -0.25) is 0 Å². The predicted octanol–water partition coefficient (Wildman–Crippen LogP) is 1.95. The molecule has 2 unspecified atom stereocenters. The molecule has 0 heterocycles. The van der Waals surface area contributed by atoms with E-state index in [4.69, 9.17) is 5.26 Å². The summed E-state index contributed by atoms with van der Waals surface area (Å²) in [6.45, 7) is 0.771. The van der Waals surface area contributed by atoms with E-state index >= 15 is 0 Å². The lowest BCUT2D eigenvalue weighted by Gasteiger charge is -2.26. The van der Waals surface area contributed by atoms with Crippen molar-refractivity contribution in [2.75, 3.05) is 0 Å². The zero-order valence-electron chi connectivity index (χ0n) is 9.89. The van der Waals surface area contributed by atoms with Crippen molar-refractivity contribution in [3.05, 3.63) is 35.4 Å². The molecule has 0 amide bonds. The minimum absolute atomic E-state index is 0.147. The Morgan fingerprint density at radius 3 is 3.06 bits per heavy atom. The minimum atomic E-state index is -0.147. The summed E-state index contributed by atoms with van der Waals surface area (Å²) in [6.07, 6.45) is 3.86. The molecule has 1 aromatic carbocycles. The van der Waals surface area contributed by atoms with Gasteiger partial charge in [-0.25, -0.2) is 0 Å². The SMILES string of the molecule is N#Cc1cccc(CNC2CCCC(O)C2)c1. The summed E-state index contributed by atoms with van der Waals surface area (Å²) in [7, 11) is 0. The summed E-state index contributed by atoms with van der Waals surface area (Å²) in [6, 6.07) is 10.2. The lowest BCUT2D eigenvalue weighted by Crippen LogP contribution is -2.35. The van der Waals surface area contributed by atoms with Crippen LogP contribution < -0.4 is 5.32 Å². The lowest BCUT2D eigenvalue weighted by molar-refractivity contribution is 0.111. The summed E-state index contributed by atoms with van der Waals surface area (Å²) in [5, 5.41) is 21.8. The molecule has 1 saturated carbocycles. The summed E-state index contributed by atoms with van der Waals surface area (Å²) in [5.74, 6) is 0. The van der Waals surface area contributed by atoms with Crippen molar-refractivity contribution in [3.8, 4) is 6.07 Å². The Morgan fingerprint density at radius 2 is 2.29 bits per heavy atom. The predicted molar refractivity (Wildman–Crippen MR) is 66.3 cm³/mol. The molecule has 1 aliphatic carbocycles. The molecule has 17 heavy (non-hydrogen) atoms. The van der Waals surface area contributed by atoms with Crippen molar-refractivity contribution in [1.29, 1.82) is 5.26 Å². The first-order valence-corrected chi connectivity index (χ1v) is 6.18. The number of benzene rings is 1. The first kappa shape index (κ1) is 12.1. The van der Waals surface area contributed by atoms with Gasteiger partial charge in [0.1, 0.15) is 0 Å². The van der Waals surface area contributed by atoms with Crippen molar-refractivity contribution in [2.45, 2.75) is 44.4 Å². The molecule has 0 radical (unpaired) electrons. The highest BCUT2D eigenvalue weighted by Crippen LogP contribution is 2.18. The number of aliphatic hydroxyl groups is 1. The molecule has 90 valence electrons. The number of nitriles is 1. The molecule has 2 N–H and O–H groups in total. The molecule has 0 spiro atoms. The maximum absolute atomic E-state index is 9.58. The van der Waals surface area contributed by atoms with Crippen LogP contribution in [0, 0.1) is 11.3 Å². The number of nitrogens with zero attached hydrogens (tertiary/aromatic N) is 1. The van der Waals surface area contributed by atoms with E-state index in [9.17, 15) is 5.11 Å². The molecule has 3 nitrogen and oxygen atoms in total. The Morgan fingerprint density at radius 1 is 1.41 bits per heavy atom. The van der Waals surface area contributed by atoms with E-state index in [-0.39, 0.29) is 6.10 Å². The maximum atomic E-state index is 9.58. The van der Waals surface area contributed by atoms with E-state index in [1.165, 1.54) is 0 Å². The third kappa shape index (κ3) is 3.55. The van der Waals surface area contributed by atoms with Crippen LogP contribution in [-0.4, -0.2) is 17.3 Å². The Hall–Kier alpha value is -1.37. The van der Waals surface area contributed by atoms with Crippen molar-refractivity contribution < 1.29 is 5.11 Å². The normalized spacial score (nSPS) is 24.2. The molecule has 1 fully saturated rings. The fourth-order valence-corrected chi connectivity index (χ4v) is 2.36. The van der Waals surface area contributed by atoms with Crippen LogP contribution in [0.4, 0.5) is 0 Å². The van der Waals surface area contributed by atoms with Crippen LogP contribution in [-0.2, 0) is 6.54 Å².